The molecule has 0 aliphatic rings. The average molecular weight is 170 g/mol. The molecule has 0 radical (unpaired) electrons. The van der Waals surface area contributed by atoms with E-state index in [0.717, 1.165) is 6.54 Å². The van der Waals surface area contributed by atoms with Crippen LogP contribution in [0, 0.1) is 0 Å². The third-order valence-corrected chi connectivity index (χ3v) is 1.72. The van der Waals surface area contributed by atoms with E-state index in [-0.39, 0.29) is 12.7 Å². The Labute approximate surface area is 71.8 Å². The van der Waals surface area contributed by atoms with Gasteiger partial charge in [0.1, 0.15) is 0 Å². The van der Waals surface area contributed by atoms with E-state index in [9.17, 15) is 0 Å². The minimum absolute atomic E-state index is 0.00559. The summed E-state index contributed by atoms with van der Waals surface area (Å²) in [4.78, 5) is 3.98. The van der Waals surface area contributed by atoms with Crippen LogP contribution in [-0.4, -0.2) is 27.9 Å². The molecule has 1 heterocycles. The molecule has 0 bridgehead atoms. The van der Waals surface area contributed by atoms with Gasteiger partial charge in [-0.25, -0.2) is 4.98 Å². The van der Waals surface area contributed by atoms with Gasteiger partial charge in [-0.05, 0) is 6.92 Å². The zero-order valence-electron chi connectivity index (χ0n) is 7.40. The van der Waals surface area contributed by atoms with E-state index in [1.165, 1.54) is 0 Å². The van der Waals surface area contributed by atoms with Crippen LogP contribution in [0.5, 0.6) is 0 Å². The van der Waals surface area contributed by atoms with Gasteiger partial charge in [-0.1, -0.05) is 0 Å². The van der Waals surface area contributed by atoms with E-state index in [4.69, 9.17) is 9.84 Å². The van der Waals surface area contributed by atoms with E-state index in [0.29, 0.717) is 5.69 Å². The molecule has 0 aliphatic heterocycles. The zero-order valence-corrected chi connectivity index (χ0v) is 7.40. The van der Waals surface area contributed by atoms with Crippen molar-refractivity contribution in [1.82, 2.24) is 9.55 Å². The first kappa shape index (κ1) is 9.22. The lowest BCUT2D eigenvalue weighted by molar-refractivity contribution is 0.103. The first-order chi connectivity index (χ1) is 5.76. The van der Waals surface area contributed by atoms with E-state index in [2.05, 4.69) is 4.98 Å². The maximum absolute atomic E-state index is 8.74. The Morgan fingerprint density at radius 3 is 3.00 bits per heavy atom. The minimum atomic E-state index is -0.00559. The quantitative estimate of drug-likeness (QED) is 0.712. The molecule has 1 atom stereocenters. The molecular formula is C8H14N2O2. The van der Waals surface area contributed by atoms with E-state index < -0.39 is 0 Å². The smallest absolute Gasteiger partial charge is 0.0951 e. The van der Waals surface area contributed by atoms with Crippen LogP contribution in [0.25, 0.3) is 0 Å². The van der Waals surface area contributed by atoms with Crippen molar-refractivity contribution in [2.45, 2.75) is 26.2 Å². The number of hydrogen-bond donors (Lipinski definition) is 1. The van der Waals surface area contributed by atoms with Gasteiger partial charge < -0.3 is 14.4 Å². The van der Waals surface area contributed by atoms with Crippen molar-refractivity contribution in [2.75, 3.05) is 7.11 Å². The number of aromatic nitrogens is 2. The van der Waals surface area contributed by atoms with E-state index >= 15 is 0 Å². The van der Waals surface area contributed by atoms with Crippen LogP contribution in [0.3, 0.4) is 0 Å². The first-order valence-electron chi connectivity index (χ1n) is 3.90. The number of ether oxygens (including phenoxy) is 1. The Morgan fingerprint density at radius 2 is 2.50 bits per heavy atom. The second kappa shape index (κ2) is 4.23. The van der Waals surface area contributed by atoms with Gasteiger partial charge in [-0.3, -0.25) is 0 Å². The molecule has 1 aromatic rings. The second-order valence-corrected chi connectivity index (χ2v) is 2.77. The number of aliphatic hydroxyl groups excluding tert-OH is 1. The number of methoxy groups -OCH3 is 1. The van der Waals surface area contributed by atoms with Gasteiger partial charge in [0.05, 0.1) is 24.7 Å². The molecule has 68 valence electrons. The highest BCUT2D eigenvalue weighted by Gasteiger charge is 2.01. The minimum Gasteiger partial charge on any atom is -0.390 e. The third-order valence-electron chi connectivity index (χ3n) is 1.72. The molecule has 0 amide bonds. The Kier molecular flexibility index (Phi) is 3.25. The topological polar surface area (TPSA) is 47.3 Å². The van der Waals surface area contributed by atoms with Gasteiger partial charge in [-0.2, -0.15) is 0 Å². The monoisotopic (exact) mass is 170 g/mol. The average Bonchev–Trinajstić information content (AvgIpc) is 2.52. The Hall–Kier alpha value is -0.870. The normalized spacial score (nSPS) is 13.2. The van der Waals surface area contributed by atoms with Crippen molar-refractivity contribution in [3.63, 3.8) is 0 Å². The van der Waals surface area contributed by atoms with Gasteiger partial charge in [0.2, 0.25) is 0 Å². The van der Waals surface area contributed by atoms with Gasteiger partial charge in [0.25, 0.3) is 0 Å². The molecule has 0 saturated carbocycles. The molecule has 0 fully saturated rings. The molecule has 4 heteroatoms. The van der Waals surface area contributed by atoms with Crippen molar-refractivity contribution in [2.24, 2.45) is 0 Å². The SMILES string of the molecule is COC(C)Cn1cnc(CO)c1. The van der Waals surface area contributed by atoms with Gasteiger partial charge in [0.15, 0.2) is 0 Å². The summed E-state index contributed by atoms with van der Waals surface area (Å²) in [5.74, 6) is 0. The van der Waals surface area contributed by atoms with E-state index in [1.54, 1.807) is 13.4 Å². The molecule has 0 saturated heterocycles. The fourth-order valence-corrected chi connectivity index (χ4v) is 0.959. The van der Waals surface area contributed by atoms with Gasteiger partial charge in [0, 0.05) is 19.9 Å². The van der Waals surface area contributed by atoms with Gasteiger partial charge >= 0.3 is 0 Å². The molecule has 0 aliphatic carbocycles. The summed E-state index contributed by atoms with van der Waals surface area (Å²) in [6.45, 7) is 2.75. The molecule has 12 heavy (non-hydrogen) atoms. The van der Waals surface area contributed by atoms with Gasteiger partial charge in [-0.15, -0.1) is 0 Å². The summed E-state index contributed by atoms with van der Waals surface area (Å²) in [6.07, 6.45) is 3.68. The van der Waals surface area contributed by atoms with Crippen molar-refractivity contribution < 1.29 is 9.84 Å². The second-order valence-electron chi connectivity index (χ2n) is 2.77. The van der Waals surface area contributed by atoms with Crippen LogP contribution >= 0.6 is 0 Å². The summed E-state index contributed by atoms with van der Waals surface area (Å²) in [6, 6.07) is 0. The summed E-state index contributed by atoms with van der Waals surface area (Å²) in [7, 11) is 1.68. The maximum atomic E-state index is 8.74. The summed E-state index contributed by atoms with van der Waals surface area (Å²) in [5, 5.41) is 8.74. The number of imidazole rings is 1. The zero-order chi connectivity index (χ0) is 8.97. The van der Waals surface area contributed by atoms with Crippen molar-refractivity contribution in [3.05, 3.63) is 18.2 Å². The molecule has 1 unspecified atom stereocenters. The molecular weight excluding hydrogens is 156 g/mol. The van der Waals surface area contributed by atoms with Crippen LogP contribution in [0.2, 0.25) is 0 Å². The van der Waals surface area contributed by atoms with Crippen molar-refractivity contribution in [3.8, 4) is 0 Å². The molecule has 4 nitrogen and oxygen atoms in total. The summed E-state index contributed by atoms with van der Waals surface area (Å²) in [5.41, 5.74) is 0.693. The Bertz CT molecular complexity index is 235. The standard InChI is InChI=1S/C8H14N2O2/c1-7(12-2)3-10-4-8(5-11)9-6-10/h4,6-7,11H,3,5H2,1-2H3. The van der Waals surface area contributed by atoms with Crippen LogP contribution in [0.4, 0.5) is 0 Å². The lowest BCUT2D eigenvalue weighted by Crippen LogP contribution is -2.13. The van der Waals surface area contributed by atoms with Crippen LogP contribution < -0.4 is 0 Å². The fraction of sp³-hybridized carbons (Fsp3) is 0.625. The number of rotatable bonds is 4. The molecule has 0 aromatic carbocycles. The lowest BCUT2D eigenvalue weighted by atomic mass is 10.4. The maximum Gasteiger partial charge on any atom is 0.0951 e. The van der Waals surface area contributed by atoms with Crippen LogP contribution in [0.1, 0.15) is 12.6 Å². The largest absolute Gasteiger partial charge is 0.390 e. The van der Waals surface area contributed by atoms with Crippen LogP contribution in [0.15, 0.2) is 12.5 Å². The number of nitrogens with zero attached hydrogens (tertiary/aromatic N) is 2. The third kappa shape index (κ3) is 2.32. The predicted octanol–water partition coefficient (Wildman–Crippen LogP) is 0.410. The predicted molar refractivity (Wildman–Crippen MR) is 44.6 cm³/mol. The van der Waals surface area contributed by atoms with E-state index in [1.807, 2.05) is 17.7 Å². The first-order valence-corrected chi connectivity index (χ1v) is 3.90. The Morgan fingerprint density at radius 1 is 1.75 bits per heavy atom. The highest BCUT2D eigenvalue weighted by atomic mass is 16.5. The lowest BCUT2D eigenvalue weighted by Gasteiger charge is -2.08. The number of aliphatic hydroxyl groups is 1. The highest BCUT2D eigenvalue weighted by Crippen LogP contribution is 1.99. The number of hydrogen-bond acceptors (Lipinski definition) is 3. The van der Waals surface area contributed by atoms with Crippen LogP contribution in [-0.2, 0) is 17.9 Å². The molecule has 0 spiro atoms. The molecule has 1 rings (SSSR count). The van der Waals surface area contributed by atoms with Crippen molar-refractivity contribution >= 4 is 0 Å². The van der Waals surface area contributed by atoms with Crippen molar-refractivity contribution in [1.29, 1.82) is 0 Å². The molecule has 1 aromatic heterocycles. The molecule has 1 N–H and O–H groups in total. The highest BCUT2D eigenvalue weighted by molar-refractivity contribution is 4.94. The Balaban J connectivity index is 2.52. The fourth-order valence-electron chi connectivity index (χ4n) is 0.959. The summed E-state index contributed by atoms with van der Waals surface area (Å²) >= 11 is 0. The summed E-state index contributed by atoms with van der Waals surface area (Å²) < 4.78 is 6.99.